The van der Waals surface area contributed by atoms with Crippen LogP contribution < -0.4 is 4.90 Å². The summed E-state index contributed by atoms with van der Waals surface area (Å²) >= 11 is 1.70. The number of hydrogen-bond donors (Lipinski definition) is 0. The maximum Gasteiger partial charge on any atom is 0.222 e. The molecule has 0 unspecified atom stereocenters. The molecule has 116 valence electrons. The van der Waals surface area contributed by atoms with Gasteiger partial charge in [-0.2, -0.15) is 0 Å². The summed E-state index contributed by atoms with van der Waals surface area (Å²) in [6.45, 7) is 3.89. The lowest BCUT2D eigenvalue weighted by atomic mass is 10.2. The first kappa shape index (κ1) is 13.9. The van der Waals surface area contributed by atoms with Crippen LogP contribution in [0.2, 0.25) is 0 Å². The van der Waals surface area contributed by atoms with Gasteiger partial charge in [-0.3, -0.25) is 4.79 Å². The summed E-state index contributed by atoms with van der Waals surface area (Å²) in [4.78, 5) is 25.6. The van der Waals surface area contributed by atoms with E-state index >= 15 is 0 Å². The van der Waals surface area contributed by atoms with Crippen molar-refractivity contribution >= 4 is 33.3 Å². The van der Waals surface area contributed by atoms with Crippen LogP contribution in [-0.4, -0.2) is 45.9 Å². The minimum atomic E-state index is 0.331. The minimum absolute atomic E-state index is 0.331. The summed E-state index contributed by atoms with van der Waals surface area (Å²) < 4.78 is 1.17. The van der Waals surface area contributed by atoms with Gasteiger partial charge in [-0.15, -0.1) is 11.3 Å². The normalized spacial score (nSPS) is 23.7. The van der Waals surface area contributed by atoms with E-state index in [-0.39, 0.29) is 0 Å². The van der Waals surface area contributed by atoms with Gasteiger partial charge in [-0.1, -0.05) is 13.3 Å². The first-order chi connectivity index (χ1) is 10.8. The Morgan fingerprint density at radius 3 is 3.05 bits per heavy atom. The number of rotatable bonds is 4. The van der Waals surface area contributed by atoms with Crippen molar-refractivity contribution < 1.29 is 4.79 Å². The van der Waals surface area contributed by atoms with Gasteiger partial charge in [0, 0.05) is 19.5 Å². The van der Waals surface area contributed by atoms with Crippen LogP contribution in [0.15, 0.2) is 17.8 Å². The Kier molecular flexibility index (Phi) is 3.48. The Morgan fingerprint density at radius 2 is 2.27 bits per heavy atom. The Morgan fingerprint density at radius 1 is 1.36 bits per heavy atom. The van der Waals surface area contributed by atoms with Gasteiger partial charge in [0.2, 0.25) is 5.91 Å². The SMILES string of the molecule is CCCCC(=O)N1C[C@@H]2C[C@H]1CN2c1ncnc2ccsc12. The molecule has 6 heteroatoms. The minimum Gasteiger partial charge on any atom is -0.348 e. The predicted molar refractivity (Wildman–Crippen MR) is 88.2 cm³/mol. The maximum atomic E-state index is 12.3. The Bertz CT molecular complexity index is 700. The van der Waals surface area contributed by atoms with E-state index in [1.54, 1.807) is 17.7 Å². The summed E-state index contributed by atoms with van der Waals surface area (Å²) in [7, 11) is 0. The van der Waals surface area contributed by atoms with Crippen molar-refractivity contribution in [2.45, 2.75) is 44.7 Å². The molecule has 4 rings (SSSR count). The Labute approximate surface area is 134 Å². The molecule has 0 aliphatic carbocycles. The second-order valence-corrected chi connectivity index (χ2v) is 7.09. The van der Waals surface area contributed by atoms with E-state index in [1.165, 1.54) is 4.70 Å². The molecule has 0 spiro atoms. The van der Waals surface area contributed by atoms with Gasteiger partial charge in [0.05, 0.1) is 22.3 Å². The van der Waals surface area contributed by atoms with Gasteiger partial charge in [0.1, 0.15) is 12.1 Å². The summed E-state index contributed by atoms with van der Waals surface area (Å²) in [5.74, 6) is 1.38. The third-order valence-corrected chi connectivity index (χ3v) is 5.70. The van der Waals surface area contributed by atoms with Crippen molar-refractivity contribution in [1.82, 2.24) is 14.9 Å². The lowest BCUT2D eigenvalue weighted by Gasteiger charge is -2.35. The fraction of sp³-hybridized carbons (Fsp3) is 0.562. The molecule has 2 saturated heterocycles. The number of anilines is 1. The Hall–Kier alpha value is -1.69. The van der Waals surface area contributed by atoms with Gasteiger partial charge in [-0.25, -0.2) is 9.97 Å². The van der Waals surface area contributed by atoms with E-state index in [2.05, 4.69) is 32.1 Å². The second-order valence-electron chi connectivity index (χ2n) is 6.18. The van der Waals surface area contributed by atoms with Crippen molar-refractivity contribution in [3.63, 3.8) is 0 Å². The van der Waals surface area contributed by atoms with Crippen LogP contribution in [0.25, 0.3) is 10.2 Å². The number of likely N-dealkylation sites (tertiary alicyclic amines) is 1. The predicted octanol–water partition coefficient (Wildman–Crippen LogP) is 2.67. The molecule has 0 aromatic carbocycles. The van der Waals surface area contributed by atoms with Gasteiger partial charge < -0.3 is 9.80 Å². The molecule has 0 radical (unpaired) electrons. The fourth-order valence-corrected chi connectivity index (χ4v) is 4.53. The van der Waals surface area contributed by atoms with Crippen LogP contribution in [0.1, 0.15) is 32.6 Å². The van der Waals surface area contributed by atoms with Gasteiger partial charge in [0.15, 0.2) is 0 Å². The quantitative estimate of drug-likeness (QED) is 0.870. The Balaban J connectivity index is 1.53. The average molecular weight is 316 g/mol. The first-order valence-electron chi connectivity index (χ1n) is 8.02. The van der Waals surface area contributed by atoms with Crippen molar-refractivity contribution in [1.29, 1.82) is 0 Å². The number of aromatic nitrogens is 2. The van der Waals surface area contributed by atoms with Crippen LogP contribution in [0.3, 0.4) is 0 Å². The molecule has 22 heavy (non-hydrogen) atoms. The number of carbonyl (C=O) groups excluding carboxylic acids is 1. The molecule has 2 aliphatic rings. The van der Waals surface area contributed by atoms with Gasteiger partial charge >= 0.3 is 0 Å². The number of unbranched alkanes of at least 4 members (excludes halogenated alkanes) is 1. The lowest BCUT2D eigenvalue weighted by Crippen LogP contribution is -2.49. The van der Waals surface area contributed by atoms with E-state index in [1.807, 2.05) is 6.07 Å². The van der Waals surface area contributed by atoms with E-state index in [0.29, 0.717) is 24.4 Å². The van der Waals surface area contributed by atoms with Crippen LogP contribution >= 0.6 is 11.3 Å². The van der Waals surface area contributed by atoms with Gasteiger partial charge in [-0.05, 0) is 24.3 Å². The number of nitrogens with zero attached hydrogens (tertiary/aromatic N) is 4. The fourth-order valence-electron chi connectivity index (χ4n) is 3.68. The number of thiophene rings is 1. The van der Waals surface area contributed by atoms with Crippen LogP contribution in [0.5, 0.6) is 0 Å². The molecule has 2 aromatic rings. The van der Waals surface area contributed by atoms with Crippen LogP contribution in [0.4, 0.5) is 5.82 Å². The highest BCUT2D eigenvalue weighted by Gasteiger charge is 2.45. The maximum absolute atomic E-state index is 12.3. The monoisotopic (exact) mass is 316 g/mol. The van der Waals surface area contributed by atoms with Crippen molar-refractivity contribution in [2.24, 2.45) is 0 Å². The number of amides is 1. The zero-order valence-electron chi connectivity index (χ0n) is 12.7. The van der Waals surface area contributed by atoms with E-state index < -0.39 is 0 Å². The number of fused-ring (bicyclic) bond motifs is 3. The highest BCUT2D eigenvalue weighted by atomic mass is 32.1. The molecule has 0 N–H and O–H groups in total. The largest absolute Gasteiger partial charge is 0.348 e. The molecule has 0 saturated carbocycles. The van der Waals surface area contributed by atoms with E-state index in [4.69, 9.17) is 0 Å². The molecular formula is C16H20N4OS. The second kappa shape index (κ2) is 5.50. The van der Waals surface area contributed by atoms with Gasteiger partial charge in [0.25, 0.3) is 0 Å². The smallest absolute Gasteiger partial charge is 0.222 e. The summed E-state index contributed by atoms with van der Waals surface area (Å²) in [6.07, 6.45) is 5.51. The van der Waals surface area contributed by atoms with E-state index in [9.17, 15) is 4.79 Å². The number of hydrogen-bond acceptors (Lipinski definition) is 5. The average Bonchev–Trinajstić information content (AvgIpc) is 3.25. The van der Waals surface area contributed by atoms with Crippen molar-refractivity contribution in [3.8, 4) is 0 Å². The van der Waals surface area contributed by atoms with Crippen molar-refractivity contribution in [2.75, 3.05) is 18.0 Å². The topological polar surface area (TPSA) is 49.3 Å². The number of carbonyl (C=O) groups is 1. The molecule has 2 atom stereocenters. The summed E-state index contributed by atoms with van der Waals surface area (Å²) in [5, 5.41) is 2.07. The van der Waals surface area contributed by atoms with E-state index in [0.717, 1.165) is 43.7 Å². The zero-order valence-corrected chi connectivity index (χ0v) is 13.6. The molecule has 2 aromatic heterocycles. The molecule has 2 fully saturated rings. The highest BCUT2D eigenvalue weighted by Crippen LogP contribution is 2.38. The first-order valence-corrected chi connectivity index (χ1v) is 8.90. The standard InChI is InChI=1S/C16H20N4OS/c1-2-3-4-14(21)19-8-12-7-11(19)9-20(12)16-15-13(5-6-22-15)17-10-18-16/h5-6,10-12H,2-4,7-9H2,1H3/t11-,12-/m0/s1. The lowest BCUT2D eigenvalue weighted by molar-refractivity contribution is -0.132. The molecule has 2 bridgehead atoms. The van der Waals surface area contributed by atoms with Crippen LogP contribution in [-0.2, 0) is 4.79 Å². The highest BCUT2D eigenvalue weighted by molar-refractivity contribution is 7.17. The number of piperazine rings is 1. The molecule has 4 heterocycles. The summed E-state index contributed by atoms with van der Waals surface area (Å²) in [6, 6.07) is 2.82. The summed E-state index contributed by atoms with van der Waals surface area (Å²) in [5.41, 5.74) is 1.02. The molecule has 5 nitrogen and oxygen atoms in total. The third kappa shape index (κ3) is 2.17. The van der Waals surface area contributed by atoms with Crippen LogP contribution in [0, 0.1) is 0 Å². The molecule has 2 aliphatic heterocycles. The molecular weight excluding hydrogens is 296 g/mol. The molecule has 1 amide bonds. The zero-order chi connectivity index (χ0) is 15.1. The third-order valence-electron chi connectivity index (χ3n) is 4.80. The van der Waals surface area contributed by atoms with Crippen molar-refractivity contribution in [3.05, 3.63) is 17.8 Å².